The molecule has 2 heteroatoms. The van der Waals surface area contributed by atoms with Gasteiger partial charge in [-0.15, -0.1) is 0 Å². The van der Waals surface area contributed by atoms with Gasteiger partial charge in [0, 0.05) is 12.6 Å². The van der Waals surface area contributed by atoms with Crippen molar-refractivity contribution >= 4 is 0 Å². The van der Waals surface area contributed by atoms with Crippen molar-refractivity contribution in [2.45, 2.75) is 76.4 Å². The van der Waals surface area contributed by atoms with Crippen molar-refractivity contribution in [2.75, 3.05) is 13.6 Å². The van der Waals surface area contributed by atoms with Crippen LogP contribution < -0.4 is 0 Å². The second-order valence-corrected chi connectivity index (χ2v) is 6.22. The SMILES string of the molecule is CN(CC1CCCCC1)C1CCCCCC1O. The van der Waals surface area contributed by atoms with E-state index in [4.69, 9.17) is 0 Å². The minimum atomic E-state index is -0.0777. The molecule has 17 heavy (non-hydrogen) atoms. The van der Waals surface area contributed by atoms with Crippen LogP contribution in [0.4, 0.5) is 0 Å². The van der Waals surface area contributed by atoms with Crippen LogP contribution in [0.15, 0.2) is 0 Å². The number of hydrogen-bond acceptors (Lipinski definition) is 2. The molecule has 0 radical (unpaired) electrons. The Morgan fingerprint density at radius 3 is 2.18 bits per heavy atom. The van der Waals surface area contributed by atoms with Gasteiger partial charge in [0.25, 0.3) is 0 Å². The zero-order valence-electron chi connectivity index (χ0n) is 11.4. The van der Waals surface area contributed by atoms with Crippen molar-refractivity contribution in [3.05, 3.63) is 0 Å². The first kappa shape index (κ1) is 13.4. The molecule has 0 bridgehead atoms. The third-order valence-electron chi connectivity index (χ3n) is 4.78. The molecule has 2 fully saturated rings. The van der Waals surface area contributed by atoms with Gasteiger partial charge in [0.15, 0.2) is 0 Å². The summed E-state index contributed by atoms with van der Waals surface area (Å²) in [4.78, 5) is 2.46. The molecule has 1 N–H and O–H groups in total. The van der Waals surface area contributed by atoms with Gasteiger partial charge in [0.2, 0.25) is 0 Å². The van der Waals surface area contributed by atoms with Crippen molar-refractivity contribution in [3.63, 3.8) is 0 Å². The number of aliphatic hydroxyl groups excluding tert-OH is 1. The van der Waals surface area contributed by atoms with Crippen LogP contribution in [0.2, 0.25) is 0 Å². The summed E-state index contributed by atoms with van der Waals surface area (Å²) in [6.07, 6.45) is 13.1. The quantitative estimate of drug-likeness (QED) is 0.765. The number of hydrogen-bond donors (Lipinski definition) is 1. The van der Waals surface area contributed by atoms with Crippen LogP contribution in [-0.4, -0.2) is 35.7 Å². The average molecular weight is 239 g/mol. The van der Waals surface area contributed by atoms with E-state index in [1.807, 2.05) is 0 Å². The van der Waals surface area contributed by atoms with Gasteiger partial charge >= 0.3 is 0 Å². The molecule has 2 atom stereocenters. The van der Waals surface area contributed by atoms with E-state index in [0.717, 1.165) is 12.3 Å². The molecule has 2 rings (SSSR count). The maximum absolute atomic E-state index is 10.2. The first-order valence-corrected chi connectivity index (χ1v) is 7.65. The lowest BCUT2D eigenvalue weighted by Gasteiger charge is -2.34. The summed E-state index contributed by atoms with van der Waals surface area (Å²) in [6.45, 7) is 1.21. The molecule has 0 aromatic heterocycles. The summed E-state index contributed by atoms with van der Waals surface area (Å²) < 4.78 is 0. The van der Waals surface area contributed by atoms with Gasteiger partial charge in [-0.05, 0) is 38.6 Å². The Morgan fingerprint density at radius 2 is 1.47 bits per heavy atom. The number of nitrogens with zero attached hydrogens (tertiary/aromatic N) is 1. The third kappa shape index (κ3) is 3.96. The van der Waals surface area contributed by atoms with Gasteiger partial charge in [0.1, 0.15) is 0 Å². The Labute approximate surface area is 106 Å². The Kier molecular flexibility index (Phi) is 5.30. The molecule has 0 spiro atoms. The lowest BCUT2D eigenvalue weighted by atomic mass is 9.88. The summed E-state index contributed by atoms with van der Waals surface area (Å²) in [7, 11) is 2.23. The predicted molar refractivity (Wildman–Crippen MR) is 72.1 cm³/mol. The van der Waals surface area contributed by atoms with Gasteiger partial charge in [-0.2, -0.15) is 0 Å². The van der Waals surface area contributed by atoms with Crippen LogP contribution in [0.1, 0.15) is 64.2 Å². The minimum Gasteiger partial charge on any atom is -0.391 e. The number of aliphatic hydroxyl groups is 1. The Morgan fingerprint density at radius 1 is 0.882 bits per heavy atom. The summed E-state index contributed by atoms with van der Waals surface area (Å²) in [5.74, 6) is 0.893. The highest BCUT2D eigenvalue weighted by Crippen LogP contribution is 2.27. The van der Waals surface area contributed by atoms with E-state index in [9.17, 15) is 5.11 Å². The van der Waals surface area contributed by atoms with E-state index < -0.39 is 0 Å². The molecule has 2 aliphatic carbocycles. The number of rotatable bonds is 3. The highest BCUT2D eigenvalue weighted by atomic mass is 16.3. The normalized spacial score (nSPS) is 32.6. The maximum atomic E-state index is 10.2. The van der Waals surface area contributed by atoms with Crippen LogP contribution in [0.5, 0.6) is 0 Å². The van der Waals surface area contributed by atoms with Crippen LogP contribution in [-0.2, 0) is 0 Å². The smallest absolute Gasteiger partial charge is 0.0695 e. The molecule has 0 aromatic carbocycles. The molecular formula is C15H29NO. The lowest BCUT2D eigenvalue weighted by molar-refractivity contribution is 0.0470. The van der Waals surface area contributed by atoms with E-state index in [-0.39, 0.29) is 6.10 Å². The van der Waals surface area contributed by atoms with E-state index in [0.29, 0.717) is 6.04 Å². The molecule has 2 unspecified atom stereocenters. The van der Waals surface area contributed by atoms with Crippen molar-refractivity contribution in [1.82, 2.24) is 4.90 Å². The topological polar surface area (TPSA) is 23.5 Å². The van der Waals surface area contributed by atoms with Crippen LogP contribution >= 0.6 is 0 Å². The average Bonchev–Trinajstić information content (AvgIpc) is 2.55. The fourth-order valence-electron chi connectivity index (χ4n) is 3.70. The molecule has 2 aliphatic rings. The second kappa shape index (κ2) is 6.75. The molecule has 2 saturated carbocycles. The Balaban J connectivity index is 1.81. The zero-order chi connectivity index (χ0) is 12.1. The van der Waals surface area contributed by atoms with Crippen LogP contribution in [0.25, 0.3) is 0 Å². The van der Waals surface area contributed by atoms with Gasteiger partial charge in [-0.1, -0.05) is 38.5 Å². The minimum absolute atomic E-state index is 0.0777. The van der Waals surface area contributed by atoms with Crippen molar-refractivity contribution in [3.8, 4) is 0 Å². The molecular weight excluding hydrogens is 210 g/mol. The molecule has 0 aromatic rings. The van der Waals surface area contributed by atoms with E-state index in [1.165, 1.54) is 64.3 Å². The van der Waals surface area contributed by atoms with Crippen LogP contribution in [0.3, 0.4) is 0 Å². The highest BCUT2D eigenvalue weighted by Gasteiger charge is 2.27. The molecule has 0 aliphatic heterocycles. The summed E-state index contributed by atoms with van der Waals surface area (Å²) in [5.41, 5.74) is 0. The summed E-state index contributed by atoms with van der Waals surface area (Å²) >= 11 is 0. The van der Waals surface area contributed by atoms with Crippen molar-refractivity contribution < 1.29 is 5.11 Å². The molecule has 2 nitrogen and oxygen atoms in total. The van der Waals surface area contributed by atoms with Crippen molar-refractivity contribution in [2.24, 2.45) is 5.92 Å². The molecule has 0 amide bonds. The zero-order valence-corrected chi connectivity index (χ0v) is 11.4. The third-order valence-corrected chi connectivity index (χ3v) is 4.78. The van der Waals surface area contributed by atoms with E-state index in [1.54, 1.807) is 0 Å². The highest BCUT2D eigenvalue weighted by molar-refractivity contribution is 4.82. The summed E-state index contributed by atoms with van der Waals surface area (Å²) in [6, 6.07) is 0.430. The Bertz CT molecular complexity index is 213. The fourth-order valence-corrected chi connectivity index (χ4v) is 3.70. The molecule has 0 heterocycles. The monoisotopic (exact) mass is 239 g/mol. The van der Waals surface area contributed by atoms with Gasteiger partial charge in [0.05, 0.1) is 6.10 Å². The van der Waals surface area contributed by atoms with Gasteiger partial charge in [-0.3, -0.25) is 0 Å². The fraction of sp³-hybridized carbons (Fsp3) is 1.00. The Hall–Kier alpha value is -0.0800. The molecule has 0 saturated heterocycles. The van der Waals surface area contributed by atoms with Crippen molar-refractivity contribution in [1.29, 1.82) is 0 Å². The number of likely N-dealkylation sites (N-methyl/N-ethyl adjacent to an activating group) is 1. The second-order valence-electron chi connectivity index (χ2n) is 6.22. The standard InChI is InChI=1S/C15H29NO/c1-16(12-13-8-4-2-5-9-13)14-10-6-3-7-11-15(14)17/h13-15,17H,2-12H2,1H3. The van der Waals surface area contributed by atoms with E-state index >= 15 is 0 Å². The summed E-state index contributed by atoms with van der Waals surface area (Å²) in [5, 5.41) is 10.2. The lowest BCUT2D eigenvalue weighted by Crippen LogP contribution is -2.43. The molecule has 100 valence electrons. The van der Waals surface area contributed by atoms with Gasteiger partial charge < -0.3 is 10.0 Å². The maximum Gasteiger partial charge on any atom is 0.0695 e. The van der Waals surface area contributed by atoms with Gasteiger partial charge in [-0.25, -0.2) is 0 Å². The largest absolute Gasteiger partial charge is 0.391 e. The first-order chi connectivity index (χ1) is 8.27. The van der Waals surface area contributed by atoms with E-state index in [2.05, 4.69) is 11.9 Å². The van der Waals surface area contributed by atoms with Crippen LogP contribution in [0, 0.1) is 5.92 Å². The predicted octanol–water partition coefficient (Wildman–Crippen LogP) is 3.19. The first-order valence-electron chi connectivity index (χ1n) is 7.65.